The number of H-pyrrole nitrogens is 2. The highest BCUT2D eigenvalue weighted by Crippen LogP contribution is 2.25. The third-order valence-corrected chi connectivity index (χ3v) is 3.01. The molecule has 108 valence electrons. The monoisotopic (exact) mass is 294 g/mol. The third-order valence-electron chi connectivity index (χ3n) is 3.01. The molecule has 0 amide bonds. The minimum atomic E-state index is -4.86. The van der Waals surface area contributed by atoms with Crippen molar-refractivity contribution in [2.45, 2.75) is 12.6 Å². The number of carbonyl (C=O) groups excluding carboxylic acids is 1. The number of hydrogen-bond donors (Lipinski definition) is 2. The molecule has 0 saturated carbocycles. The Balaban J connectivity index is 1.97. The van der Waals surface area contributed by atoms with Crippen molar-refractivity contribution in [2.24, 2.45) is 0 Å². The first kappa shape index (κ1) is 13.3. The Labute approximate surface area is 116 Å². The number of imidazole rings is 1. The van der Waals surface area contributed by atoms with E-state index >= 15 is 0 Å². The van der Waals surface area contributed by atoms with Crippen LogP contribution < -0.4 is 0 Å². The fourth-order valence-electron chi connectivity index (χ4n) is 1.99. The zero-order chi connectivity index (χ0) is 15.0. The largest absolute Gasteiger partial charge is 0.450 e. The SMILES string of the molecule is O=C(Cc1cn[nH]c1-c1nc2ccccc2[nH]1)C(F)(F)F. The quantitative estimate of drug-likeness (QED) is 0.779. The van der Waals surface area contributed by atoms with Crippen LogP contribution in [0.2, 0.25) is 0 Å². The Bertz CT molecular complexity index is 770. The van der Waals surface area contributed by atoms with Gasteiger partial charge in [0.25, 0.3) is 0 Å². The van der Waals surface area contributed by atoms with Crippen LogP contribution in [0.3, 0.4) is 0 Å². The van der Waals surface area contributed by atoms with E-state index in [1.807, 2.05) is 6.07 Å². The van der Waals surface area contributed by atoms with Crippen molar-refractivity contribution in [3.8, 4) is 11.5 Å². The second-order valence-electron chi connectivity index (χ2n) is 4.47. The van der Waals surface area contributed by atoms with Gasteiger partial charge in [0.05, 0.1) is 17.2 Å². The second kappa shape index (κ2) is 4.72. The van der Waals surface area contributed by atoms with Crippen molar-refractivity contribution in [1.29, 1.82) is 0 Å². The van der Waals surface area contributed by atoms with Gasteiger partial charge in [-0.05, 0) is 12.1 Å². The third kappa shape index (κ3) is 2.51. The molecular formula is C13H9F3N4O. The molecule has 0 spiro atoms. The highest BCUT2D eigenvalue weighted by Gasteiger charge is 2.38. The number of nitrogens with zero attached hydrogens (tertiary/aromatic N) is 2. The van der Waals surface area contributed by atoms with Crippen molar-refractivity contribution in [3.63, 3.8) is 0 Å². The molecule has 2 heterocycles. The fraction of sp³-hybridized carbons (Fsp3) is 0.154. The number of aromatic nitrogens is 4. The average Bonchev–Trinajstić information content (AvgIpc) is 3.02. The van der Waals surface area contributed by atoms with Gasteiger partial charge < -0.3 is 4.98 Å². The molecule has 2 N–H and O–H groups in total. The van der Waals surface area contributed by atoms with Crippen LogP contribution in [0, 0.1) is 0 Å². The summed E-state index contributed by atoms with van der Waals surface area (Å²) in [6, 6.07) is 7.17. The van der Waals surface area contributed by atoms with Gasteiger partial charge in [-0.25, -0.2) is 4.98 Å². The molecule has 0 radical (unpaired) electrons. The van der Waals surface area contributed by atoms with Gasteiger partial charge in [-0.15, -0.1) is 0 Å². The van der Waals surface area contributed by atoms with Gasteiger partial charge in [0.1, 0.15) is 5.69 Å². The molecule has 0 aliphatic heterocycles. The van der Waals surface area contributed by atoms with E-state index in [1.54, 1.807) is 18.2 Å². The molecule has 3 rings (SSSR count). The number of nitrogens with one attached hydrogen (secondary N) is 2. The van der Waals surface area contributed by atoms with Crippen LogP contribution in [0.25, 0.3) is 22.6 Å². The first-order chi connectivity index (χ1) is 9.95. The Morgan fingerprint density at radius 3 is 2.71 bits per heavy atom. The van der Waals surface area contributed by atoms with Crippen LogP contribution >= 0.6 is 0 Å². The summed E-state index contributed by atoms with van der Waals surface area (Å²) in [4.78, 5) is 18.3. The summed E-state index contributed by atoms with van der Waals surface area (Å²) >= 11 is 0. The minimum absolute atomic E-state index is 0.149. The van der Waals surface area contributed by atoms with Gasteiger partial charge >= 0.3 is 6.18 Å². The van der Waals surface area contributed by atoms with E-state index in [4.69, 9.17) is 0 Å². The summed E-state index contributed by atoms with van der Waals surface area (Å²) in [6.45, 7) is 0. The number of aromatic amines is 2. The number of para-hydroxylation sites is 2. The molecule has 3 aromatic rings. The van der Waals surface area contributed by atoms with Gasteiger partial charge in [0.15, 0.2) is 5.82 Å². The Morgan fingerprint density at radius 1 is 1.24 bits per heavy atom. The minimum Gasteiger partial charge on any atom is -0.337 e. The molecule has 0 unspecified atom stereocenters. The van der Waals surface area contributed by atoms with Gasteiger partial charge in [-0.3, -0.25) is 9.89 Å². The van der Waals surface area contributed by atoms with Crippen molar-refractivity contribution >= 4 is 16.8 Å². The summed E-state index contributed by atoms with van der Waals surface area (Å²) in [7, 11) is 0. The molecule has 0 aliphatic carbocycles. The lowest BCUT2D eigenvalue weighted by atomic mass is 10.1. The molecule has 0 aliphatic rings. The van der Waals surface area contributed by atoms with E-state index in [1.165, 1.54) is 6.20 Å². The Hall–Kier alpha value is -2.64. The summed E-state index contributed by atoms with van der Waals surface area (Å²) in [5.41, 5.74) is 1.85. The molecule has 0 atom stereocenters. The van der Waals surface area contributed by atoms with Crippen molar-refractivity contribution in [3.05, 3.63) is 36.0 Å². The molecule has 8 heteroatoms. The lowest BCUT2D eigenvalue weighted by Gasteiger charge is -2.04. The molecule has 0 saturated heterocycles. The molecule has 2 aromatic heterocycles. The smallest absolute Gasteiger partial charge is 0.337 e. The number of alkyl halides is 3. The van der Waals surface area contributed by atoms with Crippen LogP contribution in [0.5, 0.6) is 0 Å². The molecule has 0 bridgehead atoms. The topological polar surface area (TPSA) is 74.4 Å². The molecule has 5 nitrogen and oxygen atoms in total. The van der Waals surface area contributed by atoms with E-state index < -0.39 is 18.4 Å². The van der Waals surface area contributed by atoms with Crippen LogP contribution in [0.15, 0.2) is 30.5 Å². The fourth-order valence-corrected chi connectivity index (χ4v) is 1.99. The van der Waals surface area contributed by atoms with Crippen LogP contribution in [0.4, 0.5) is 13.2 Å². The number of benzene rings is 1. The maximum Gasteiger partial charge on any atom is 0.450 e. The standard InChI is InChI=1S/C13H9F3N4O/c14-13(15,16)10(21)5-7-6-17-20-11(7)12-18-8-3-1-2-4-9(8)19-12/h1-4,6H,5H2,(H,17,20)(H,18,19). The van der Waals surface area contributed by atoms with Crippen LogP contribution in [0.1, 0.15) is 5.56 Å². The van der Waals surface area contributed by atoms with Crippen LogP contribution in [-0.2, 0) is 11.2 Å². The summed E-state index contributed by atoms with van der Waals surface area (Å²) in [5.74, 6) is -1.47. The normalized spacial score (nSPS) is 12.0. The number of Topliss-reactive ketones (excluding diaryl/α,β-unsaturated/α-hetero) is 1. The lowest BCUT2D eigenvalue weighted by molar-refractivity contribution is -0.170. The number of rotatable bonds is 3. The second-order valence-corrected chi connectivity index (χ2v) is 4.47. The molecule has 21 heavy (non-hydrogen) atoms. The summed E-state index contributed by atoms with van der Waals surface area (Å²) < 4.78 is 37.0. The molecular weight excluding hydrogens is 285 g/mol. The number of ketones is 1. The summed E-state index contributed by atoms with van der Waals surface area (Å²) in [6.07, 6.45) is -4.43. The number of halogens is 3. The predicted molar refractivity (Wildman–Crippen MR) is 68.4 cm³/mol. The first-order valence-corrected chi connectivity index (χ1v) is 6.02. The van der Waals surface area contributed by atoms with E-state index in [2.05, 4.69) is 20.2 Å². The van der Waals surface area contributed by atoms with Gasteiger partial charge in [-0.2, -0.15) is 18.3 Å². The van der Waals surface area contributed by atoms with E-state index in [0.29, 0.717) is 11.3 Å². The van der Waals surface area contributed by atoms with E-state index in [-0.39, 0.29) is 11.3 Å². The lowest BCUT2D eigenvalue weighted by Crippen LogP contribution is -2.24. The molecule has 0 fully saturated rings. The highest BCUT2D eigenvalue weighted by molar-refractivity contribution is 5.87. The van der Waals surface area contributed by atoms with Crippen LogP contribution in [-0.4, -0.2) is 32.1 Å². The number of fused-ring (bicyclic) bond motifs is 1. The van der Waals surface area contributed by atoms with Gasteiger partial charge in [0.2, 0.25) is 5.78 Å². The number of carbonyl (C=O) groups is 1. The Kier molecular flexibility index (Phi) is 3.00. The maximum absolute atomic E-state index is 12.3. The number of hydrogen-bond acceptors (Lipinski definition) is 3. The van der Waals surface area contributed by atoms with Crippen molar-refractivity contribution in [1.82, 2.24) is 20.2 Å². The summed E-state index contributed by atoms with van der Waals surface area (Å²) in [5, 5.41) is 6.28. The zero-order valence-corrected chi connectivity index (χ0v) is 10.5. The van der Waals surface area contributed by atoms with E-state index in [9.17, 15) is 18.0 Å². The first-order valence-electron chi connectivity index (χ1n) is 6.02. The van der Waals surface area contributed by atoms with Crippen molar-refractivity contribution in [2.75, 3.05) is 0 Å². The average molecular weight is 294 g/mol. The maximum atomic E-state index is 12.3. The van der Waals surface area contributed by atoms with Gasteiger partial charge in [0, 0.05) is 12.0 Å². The van der Waals surface area contributed by atoms with Crippen molar-refractivity contribution < 1.29 is 18.0 Å². The molecule has 1 aromatic carbocycles. The predicted octanol–water partition coefficient (Wildman–Crippen LogP) is 2.63. The van der Waals surface area contributed by atoms with E-state index in [0.717, 1.165) is 5.52 Å². The Morgan fingerprint density at radius 2 is 2.00 bits per heavy atom. The van der Waals surface area contributed by atoms with Gasteiger partial charge in [-0.1, -0.05) is 12.1 Å². The zero-order valence-electron chi connectivity index (χ0n) is 10.5. The highest BCUT2D eigenvalue weighted by atomic mass is 19.4.